The van der Waals surface area contributed by atoms with Crippen molar-refractivity contribution in [3.05, 3.63) is 52.2 Å². The maximum Gasteiger partial charge on any atom is 0.198 e. The minimum Gasteiger partial charge on any atom is -0.356 e. The van der Waals surface area contributed by atoms with Crippen LogP contribution in [-0.2, 0) is 12.8 Å². The lowest BCUT2D eigenvalue weighted by molar-refractivity contribution is 0.845. The molecule has 21 heavy (non-hydrogen) atoms. The van der Waals surface area contributed by atoms with Gasteiger partial charge in [0.05, 0.1) is 0 Å². The molecule has 0 amide bonds. The fourth-order valence-electron chi connectivity index (χ4n) is 2.61. The Morgan fingerprint density at radius 2 is 2.14 bits per heavy atom. The summed E-state index contributed by atoms with van der Waals surface area (Å²) in [5.41, 5.74) is 2.70. The zero-order chi connectivity index (χ0) is 13.8. The van der Waals surface area contributed by atoms with Gasteiger partial charge in [0.15, 0.2) is 5.96 Å². The van der Waals surface area contributed by atoms with Gasteiger partial charge in [-0.1, -0.05) is 24.3 Å². The molecule has 1 aromatic heterocycles. The number of hydrogen-bond donors (Lipinski definition) is 1. The molecule has 2 aromatic rings. The number of nitrogens with one attached hydrogen (secondary N) is 1. The topological polar surface area (TPSA) is 27.6 Å². The van der Waals surface area contributed by atoms with E-state index in [-0.39, 0.29) is 24.0 Å². The zero-order valence-corrected chi connectivity index (χ0v) is 15.2. The second-order valence-electron chi connectivity index (χ2n) is 4.83. The number of hydrogen-bond acceptors (Lipinski definition) is 2. The van der Waals surface area contributed by atoms with Gasteiger partial charge in [-0.2, -0.15) is 0 Å². The third-order valence-electron chi connectivity index (χ3n) is 3.59. The summed E-state index contributed by atoms with van der Waals surface area (Å²) in [6.45, 7) is 1.93. The summed E-state index contributed by atoms with van der Waals surface area (Å²) in [4.78, 5) is 8.12. The van der Waals surface area contributed by atoms with Crippen LogP contribution in [0.5, 0.6) is 0 Å². The number of fused-ring (bicyclic) bond motifs is 1. The van der Waals surface area contributed by atoms with E-state index in [1.807, 2.05) is 18.4 Å². The molecule has 5 heteroatoms. The van der Waals surface area contributed by atoms with Gasteiger partial charge in [0.25, 0.3) is 0 Å². The maximum atomic E-state index is 4.42. The lowest BCUT2D eigenvalue weighted by Crippen LogP contribution is -2.41. The van der Waals surface area contributed by atoms with Gasteiger partial charge in [0.2, 0.25) is 0 Å². The van der Waals surface area contributed by atoms with Crippen LogP contribution in [-0.4, -0.2) is 26.1 Å². The van der Waals surface area contributed by atoms with Crippen LogP contribution in [0.3, 0.4) is 0 Å². The molecular weight excluding hydrogens is 393 g/mol. The monoisotopic (exact) mass is 413 g/mol. The van der Waals surface area contributed by atoms with Crippen molar-refractivity contribution in [2.75, 3.05) is 25.0 Å². The van der Waals surface area contributed by atoms with E-state index in [2.05, 4.69) is 57.0 Å². The van der Waals surface area contributed by atoms with Gasteiger partial charge in [-0.3, -0.25) is 4.99 Å². The summed E-state index contributed by atoms with van der Waals surface area (Å²) in [5, 5.41) is 5.60. The highest BCUT2D eigenvalue weighted by Crippen LogP contribution is 2.27. The molecule has 1 N–H and O–H groups in total. The number of rotatable bonds is 3. The van der Waals surface area contributed by atoms with Crippen molar-refractivity contribution in [3.8, 4) is 0 Å². The van der Waals surface area contributed by atoms with Crippen LogP contribution in [0.1, 0.15) is 10.4 Å². The summed E-state index contributed by atoms with van der Waals surface area (Å²) in [7, 11) is 1.86. The Labute approximate surface area is 147 Å². The largest absolute Gasteiger partial charge is 0.356 e. The number of anilines is 1. The van der Waals surface area contributed by atoms with Gasteiger partial charge in [-0.05, 0) is 35.9 Å². The Balaban J connectivity index is 0.00000161. The second-order valence-corrected chi connectivity index (χ2v) is 5.87. The summed E-state index contributed by atoms with van der Waals surface area (Å²) < 4.78 is 0. The van der Waals surface area contributed by atoms with Crippen molar-refractivity contribution in [2.24, 2.45) is 4.99 Å². The van der Waals surface area contributed by atoms with Gasteiger partial charge in [-0.25, -0.2) is 0 Å². The fraction of sp³-hybridized carbons (Fsp3) is 0.312. The molecule has 112 valence electrons. The number of guanidine groups is 1. The van der Waals surface area contributed by atoms with Gasteiger partial charge in [0, 0.05) is 30.7 Å². The molecule has 0 radical (unpaired) electrons. The number of thiophene rings is 1. The predicted octanol–water partition coefficient (Wildman–Crippen LogP) is 3.55. The van der Waals surface area contributed by atoms with E-state index in [9.17, 15) is 0 Å². The lowest BCUT2D eigenvalue weighted by Gasteiger charge is -2.22. The molecule has 0 spiro atoms. The van der Waals surface area contributed by atoms with Crippen LogP contribution in [0, 0.1) is 0 Å². The molecule has 0 bridgehead atoms. The second kappa shape index (κ2) is 7.79. The highest BCUT2D eigenvalue weighted by Gasteiger charge is 2.21. The number of para-hydroxylation sites is 1. The van der Waals surface area contributed by atoms with Gasteiger partial charge in [-0.15, -0.1) is 35.3 Å². The Morgan fingerprint density at radius 1 is 1.29 bits per heavy atom. The van der Waals surface area contributed by atoms with Crippen LogP contribution in [0.15, 0.2) is 46.8 Å². The van der Waals surface area contributed by atoms with E-state index >= 15 is 0 Å². The Bertz CT molecular complexity index is 595. The van der Waals surface area contributed by atoms with Crippen molar-refractivity contribution in [1.82, 2.24) is 5.32 Å². The molecule has 3 rings (SSSR count). The Morgan fingerprint density at radius 3 is 2.90 bits per heavy atom. The SMILES string of the molecule is CN=C(NCCc1cccs1)N1CCc2ccccc21.I. The molecule has 0 saturated heterocycles. The number of nitrogens with zero attached hydrogens (tertiary/aromatic N) is 2. The maximum absolute atomic E-state index is 4.42. The summed E-state index contributed by atoms with van der Waals surface area (Å²) >= 11 is 1.81. The van der Waals surface area contributed by atoms with Crippen LogP contribution in [0.25, 0.3) is 0 Å². The van der Waals surface area contributed by atoms with Crippen molar-refractivity contribution < 1.29 is 0 Å². The Hall–Kier alpha value is -1.08. The van der Waals surface area contributed by atoms with Crippen molar-refractivity contribution >= 4 is 47.0 Å². The molecule has 0 saturated carbocycles. The average Bonchev–Trinajstić information content (AvgIpc) is 3.13. The molecule has 2 heterocycles. The summed E-state index contributed by atoms with van der Waals surface area (Å²) in [6, 6.07) is 12.9. The van der Waals surface area contributed by atoms with Crippen molar-refractivity contribution in [1.29, 1.82) is 0 Å². The summed E-state index contributed by atoms with van der Waals surface area (Å²) in [6.07, 6.45) is 2.15. The highest BCUT2D eigenvalue weighted by atomic mass is 127. The van der Waals surface area contributed by atoms with Crippen molar-refractivity contribution in [3.63, 3.8) is 0 Å². The summed E-state index contributed by atoms with van der Waals surface area (Å²) in [5.74, 6) is 0.978. The van der Waals surface area contributed by atoms with Crippen LogP contribution in [0.4, 0.5) is 5.69 Å². The van der Waals surface area contributed by atoms with Crippen molar-refractivity contribution in [2.45, 2.75) is 12.8 Å². The van der Waals surface area contributed by atoms with Gasteiger partial charge < -0.3 is 10.2 Å². The first kappa shape index (κ1) is 16.3. The zero-order valence-electron chi connectivity index (χ0n) is 12.1. The molecule has 0 fully saturated rings. The average molecular weight is 413 g/mol. The number of benzene rings is 1. The standard InChI is InChI=1S/C16H19N3S.HI/c1-17-16(18-10-8-14-6-4-12-20-14)19-11-9-13-5-2-3-7-15(13)19;/h2-7,12H,8-11H2,1H3,(H,17,18);1H. The predicted molar refractivity (Wildman–Crippen MR) is 102 cm³/mol. The van der Waals surface area contributed by atoms with E-state index in [0.29, 0.717) is 0 Å². The minimum atomic E-state index is 0. The van der Waals surface area contributed by atoms with E-state index in [0.717, 1.165) is 31.9 Å². The molecule has 0 unspecified atom stereocenters. The smallest absolute Gasteiger partial charge is 0.198 e. The molecule has 1 aromatic carbocycles. The van der Waals surface area contributed by atoms with Gasteiger partial charge in [0.1, 0.15) is 0 Å². The minimum absolute atomic E-state index is 0. The quantitative estimate of drug-likeness (QED) is 0.474. The van der Waals surface area contributed by atoms with E-state index < -0.39 is 0 Å². The highest BCUT2D eigenvalue weighted by molar-refractivity contribution is 14.0. The van der Waals surface area contributed by atoms with Crippen LogP contribution in [0.2, 0.25) is 0 Å². The first-order chi connectivity index (χ1) is 9.88. The van der Waals surface area contributed by atoms with Crippen LogP contribution < -0.4 is 10.2 Å². The molecular formula is C16H20IN3S. The van der Waals surface area contributed by atoms with E-state index in [1.54, 1.807) is 0 Å². The molecule has 0 aliphatic carbocycles. The first-order valence-electron chi connectivity index (χ1n) is 6.97. The first-order valence-corrected chi connectivity index (χ1v) is 7.85. The molecule has 1 aliphatic heterocycles. The number of halogens is 1. The van der Waals surface area contributed by atoms with E-state index in [1.165, 1.54) is 16.1 Å². The fourth-order valence-corrected chi connectivity index (χ4v) is 3.31. The van der Waals surface area contributed by atoms with Crippen LogP contribution >= 0.6 is 35.3 Å². The lowest BCUT2D eigenvalue weighted by atomic mass is 10.2. The number of aliphatic imine (C=N–C) groups is 1. The third-order valence-corrected chi connectivity index (χ3v) is 4.53. The molecule has 0 atom stereocenters. The molecule has 3 nitrogen and oxygen atoms in total. The normalized spacial score (nSPS) is 13.8. The third kappa shape index (κ3) is 3.77. The van der Waals surface area contributed by atoms with E-state index in [4.69, 9.17) is 0 Å². The van der Waals surface area contributed by atoms with Gasteiger partial charge >= 0.3 is 0 Å². The Kier molecular flexibility index (Phi) is 6.05. The molecule has 1 aliphatic rings.